The van der Waals surface area contributed by atoms with Crippen molar-refractivity contribution in [3.05, 3.63) is 0 Å². The second kappa shape index (κ2) is 5.82. The van der Waals surface area contributed by atoms with Gasteiger partial charge in [-0.15, -0.1) is 0 Å². The molecule has 5 nitrogen and oxygen atoms in total. The van der Waals surface area contributed by atoms with Crippen LogP contribution in [0.3, 0.4) is 0 Å². The smallest absolute Gasteiger partial charge is 0.376 e. The fourth-order valence-electron chi connectivity index (χ4n) is 0.892. The van der Waals surface area contributed by atoms with Gasteiger partial charge in [0.05, 0.1) is 0 Å². The summed E-state index contributed by atoms with van der Waals surface area (Å²) in [6, 6.07) is 0. The van der Waals surface area contributed by atoms with E-state index in [0.29, 0.717) is 0 Å². The normalized spacial score (nSPS) is 13.7. The van der Waals surface area contributed by atoms with Gasteiger partial charge < -0.3 is 9.47 Å². The first kappa shape index (κ1) is 17.1. The summed E-state index contributed by atoms with van der Waals surface area (Å²) in [5.41, 5.74) is -1.51. The van der Waals surface area contributed by atoms with Crippen LogP contribution in [0, 0.1) is 0 Å². The first-order valence-corrected chi connectivity index (χ1v) is 6.39. The van der Waals surface area contributed by atoms with Crippen molar-refractivity contribution in [1.82, 2.24) is 0 Å². The summed E-state index contributed by atoms with van der Waals surface area (Å²) < 4.78 is 9.86. The van der Waals surface area contributed by atoms with E-state index in [1.54, 1.807) is 41.5 Å². The monoisotopic (exact) mass is 322 g/mol. The quantitative estimate of drug-likeness (QED) is 0.344. The predicted octanol–water partition coefficient (Wildman–Crippen LogP) is 2.00. The van der Waals surface area contributed by atoms with E-state index in [9.17, 15) is 14.4 Å². The summed E-state index contributed by atoms with van der Waals surface area (Å²) in [6.07, 6.45) is 0. The van der Waals surface area contributed by atoms with Crippen LogP contribution in [0.5, 0.6) is 0 Å². The summed E-state index contributed by atoms with van der Waals surface area (Å²) in [5.74, 6) is -2.84. The van der Waals surface area contributed by atoms with Crippen LogP contribution in [-0.4, -0.2) is 33.8 Å². The Labute approximate surface area is 115 Å². The van der Waals surface area contributed by atoms with Crippen LogP contribution in [0.2, 0.25) is 0 Å². The molecule has 0 amide bonds. The fraction of sp³-hybridized carbons (Fsp3) is 0.750. The van der Waals surface area contributed by atoms with Crippen molar-refractivity contribution in [2.24, 2.45) is 0 Å². The number of Topliss-reactive ketones (excluding diaryl/α,β-unsaturated/α-hetero) is 1. The van der Waals surface area contributed by atoms with Crippen LogP contribution in [0.25, 0.3) is 0 Å². The minimum absolute atomic E-state index is 0.725. The number of hydrogen-bond donors (Lipinski definition) is 0. The van der Waals surface area contributed by atoms with E-state index < -0.39 is 33.8 Å². The van der Waals surface area contributed by atoms with Crippen LogP contribution in [0.15, 0.2) is 0 Å². The third kappa shape index (κ3) is 6.74. The topological polar surface area (TPSA) is 69.7 Å². The average molecular weight is 323 g/mol. The van der Waals surface area contributed by atoms with Crippen molar-refractivity contribution in [2.75, 3.05) is 0 Å². The second-order valence-electron chi connectivity index (χ2n) is 5.76. The maximum atomic E-state index is 11.6. The van der Waals surface area contributed by atoms with Crippen molar-refractivity contribution in [3.8, 4) is 0 Å². The Hall–Kier alpha value is -0.910. The van der Waals surface area contributed by atoms with E-state index in [2.05, 4.69) is 15.9 Å². The third-order valence-electron chi connectivity index (χ3n) is 1.44. The van der Waals surface area contributed by atoms with E-state index >= 15 is 0 Å². The minimum Gasteiger partial charge on any atom is -0.459 e. The Bertz CT molecular complexity index is 348. The van der Waals surface area contributed by atoms with E-state index in [1.807, 2.05) is 0 Å². The minimum atomic E-state index is -1.34. The Balaban J connectivity index is 4.61. The van der Waals surface area contributed by atoms with Gasteiger partial charge in [0.25, 0.3) is 5.78 Å². The molecule has 0 heterocycles. The number of rotatable bonds is 3. The van der Waals surface area contributed by atoms with Crippen LogP contribution >= 0.6 is 15.9 Å². The first-order valence-electron chi connectivity index (χ1n) is 5.47. The summed E-state index contributed by atoms with van der Waals surface area (Å²) in [6.45, 7) is 9.91. The zero-order chi connectivity index (χ0) is 14.7. The van der Waals surface area contributed by atoms with Crippen LogP contribution in [0.1, 0.15) is 41.5 Å². The summed E-state index contributed by atoms with van der Waals surface area (Å²) >= 11 is 2.84. The van der Waals surface area contributed by atoms with Gasteiger partial charge >= 0.3 is 11.9 Å². The molecule has 18 heavy (non-hydrogen) atoms. The molecule has 0 fully saturated rings. The van der Waals surface area contributed by atoms with Crippen molar-refractivity contribution in [1.29, 1.82) is 0 Å². The standard InChI is InChI=1S/C12H19BrO5/c1-11(2,3)17-9(15)7(13)8(14)10(16)18-12(4,5)6/h7H,1-6H3. The molecule has 0 saturated heterocycles. The molecular weight excluding hydrogens is 304 g/mol. The molecule has 0 spiro atoms. The van der Waals surface area contributed by atoms with Gasteiger partial charge in [-0.2, -0.15) is 0 Å². The van der Waals surface area contributed by atoms with Crippen molar-refractivity contribution >= 4 is 33.7 Å². The number of hydrogen-bond acceptors (Lipinski definition) is 5. The third-order valence-corrected chi connectivity index (χ3v) is 2.23. The molecule has 104 valence electrons. The largest absolute Gasteiger partial charge is 0.459 e. The predicted molar refractivity (Wildman–Crippen MR) is 69.4 cm³/mol. The zero-order valence-electron chi connectivity index (χ0n) is 11.5. The lowest BCUT2D eigenvalue weighted by molar-refractivity contribution is -0.166. The summed E-state index contributed by atoms with van der Waals surface area (Å²) in [5, 5.41) is 0. The van der Waals surface area contributed by atoms with Gasteiger partial charge in [-0.05, 0) is 41.5 Å². The fourth-order valence-corrected chi connectivity index (χ4v) is 1.17. The van der Waals surface area contributed by atoms with Crippen LogP contribution in [-0.2, 0) is 23.9 Å². The molecule has 0 bridgehead atoms. The molecule has 0 aliphatic carbocycles. The van der Waals surface area contributed by atoms with E-state index in [1.165, 1.54) is 0 Å². The molecule has 0 aromatic carbocycles. The van der Waals surface area contributed by atoms with Crippen molar-refractivity contribution in [2.45, 2.75) is 57.6 Å². The highest BCUT2D eigenvalue weighted by Gasteiger charge is 2.35. The second-order valence-corrected chi connectivity index (χ2v) is 6.68. The zero-order valence-corrected chi connectivity index (χ0v) is 13.1. The Kier molecular flexibility index (Phi) is 5.53. The van der Waals surface area contributed by atoms with Gasteiger partial charge in [-0.1, -0.05) is 15.9 Å². The Morgan fingerprint density at radius 1 is 0.889 bits per heavy atom. The SMILES string of the molecule is CC(C)(C)OC(=O)C(=O)C(Br)C(=O)OC(C)(C)C. The van der Waals surface area contributed by atoms with Gasteiger partial charge in [-0.3, -0.25) is 9.59 Å². The molecule has 0 rings (SSSR count). The average Bonchev–Trinajstić information content (AvgIpc) is 2.09. The summed E-state index contributed by atoms with van der Waals surface area (Å²) in [4.78, 5) is 33.3. The highest BCUT2D eigenvalue weighted by atomic mass is 79.9. The molecule has 1 atom stereocenters. The summed E-state index contributed by atoms with van der Waals surface area (Å²) in [7, 11) is 0. The molecule has 0 aliphatic rings. The van der Waals surface area contributed by atoms with Crippen LogP contribution in [0.4, 0.5) is 0 Å². The molecule has 0 saturated carbocycles. The Morgan fingerprint density at radius 3 is 1.61 bits per heavy atom. The molecule has 0 radical (unpaired) electrons. The lowest BCUT2D eigenvalue weighted by Crippen LogP contribution is -2.39. The van der Waals surface area contributed by atoms with Gasteiger partial charge in [-0.25, -0.2) is 4.79 Å². The Morgan fingerprint density at radius 2 is 1.28 bits per heavy atom. The van der Waals surface area contributed by atoms with Gasteiger partial charge in [0, 0.05) is 0 Å². The molecule has 6 heteroatoms. The maximum absolute atomic E-state index is 11.6. The number of carbonyl (C=O) groups is 3. The van der Waals surface area contributed by atoms with E-state index in [4.69, 9.17) is 9.47 Å². The highest BCUT2D eigenvalue weighted by Crippen LogP contribution is 2.15. The lowest BCUT2D eigenvalue weighted by Gasteiger charge is -2.22. The number of esters is 2. The van der Waals surface area contributed by atoms with Gasteiger partial charge in [0.15, 0.2) is 4.83 Å². The highest BCUT2D eigenvalue weighted by molar-refractivity contribution is 9.10. The van der Waals surface area contributed by atoms with Gasteiger partial charge in [0.2, 0.25) is 0 Å². The number of ether oxygens (including phenoxy) is 2. The lowest BCUT2D eigenvalue weighted by atomic mass is 10.2. The van der Waals surface area contributed by atoms with Crippen molar-refractivity contribution in [3.63, 3.8) is 0 Å². The van der Waals surface area contributed by atoms with Crippen molar-refractivity contribution < 1.29 is 23.9 Å². The van der Waals surface area contributed by atoms with E-state index in [0.717, 1.165) is 0 Å². The maximum Gasteiger partial charge on any atom is 0.376 e. The van der Waals surface area contributed by atoms with Gasteiger partial charge in [0.1, 0.15) is 11.2 Å². The number of ketones is 1. The first-order chi connectivity index (χ1) is 7.83. The molecule has 0 aromatic heterocycles. The molecule has 0 N–H and O–H groups in total. The van der Waals surface area contributed by atoms with E-state index in [-0.39, 0.29) is 0 Å². The molecule has 0 aromatic rings. The number of alkyl halides is 1. The molecular formula is C12H19BrO5. The molecule has 0 aliphatic heterocycles. The number of halogens is 1. The number of carbonyl (C=O) groups excluding carboxylic acids is 3. The molecule has 1 unspecified atom stereocenters. The van der Waals surface area contributed by atoms with Crippen LogP contribution < -0.4 is 0 Å².